The maximum atomic E-state index is 13.5. The Hall–Kier alpha value is -3.97. The molecule has 0 unspecified atom stereocenters. The number of alkyl halides is 3. The van der Waals surface area contributed by atoms with Crippen LogP contribution in [0.1, 0.15) is 29.8 Å². The minimum Gasteiger partial charge on any atom is -0.487 e. The van der Waals surface area contributed by atoms with Gasteiger partial charge < -0.3 is 14.5 Å². The molecule has 1 fully saturated rings. The molecule has 0 saturated carbocycles. The van der Waals surface area contributed by atoms with Gasteiger partial charge in [0.25, 0.3) is 10.0 Å². The number of furan rings is 1. The van der Waals surface area contributed by atoms with E-state index in [1.54, 1.807) is 24.3 Å². The minimum absolute atomic E-state index is 0.0617. The Bertz CT molecular complexity index is 1660. The van der Waals surface area contributed by atoms with Gasteiger partial charge in [0, 0.05) is 24.5 Å². The number of amides is 1. The molecule has 1 N–H and O–H groups in total. The molecule has 1 aliphatic heterocycles. The molecule has 8 nitrogen and oxygen atoms in total. The standard InChI is InChI=1S/C27H23F4N3O5S/c28-19-9-10-23-18(13-19)14-25(39-23)40(36,37)34-11-3-7-22(34)26(35)32-15-17-4-1-6-21(12-17)38-16-20-5-2-8-24(33-20)27(29,30)31/h1-2,4-6,8-10,12-14,22H,3,7,11,15-16H2,(H,32,35)/t22-/m0/s1. The van der Waals surface area contributed by atoms with Crippen LogP contribution in [-0.2, 0) is 34.1 Å². The van der Waals surface area contributed by atoms with E-state index in [1.165, 1.54) is 30.3 Å². The van der Waals surface area contributed by atoms with Crippen molar-refractivity contribution in [2.45, 2.75) is 43.3 Å². The van der Waals surface area contributed by atoms with Gasteiger partial charge in [-0.2, -0.15) is 17.5 Å². The van der Waals surface area contributed by atoms with Crippen molar-refractivity contribution in [3.63, 3.8) is 0 Å². The summed E-state index contributed by atoms with van der Waals surface area (Å²) < 4.78 is 90.8. The molecule has 3 heterocycles. The number of fused-ring (bicyclic) bond motifs is 1. The van der Waals surface area contributed by atoms with Crippen LogP contribution in [0.5, 0.6) is 5.75 Å². The summed E-state index contributed by atoms with van der Waals surface area (Å²) in [6.07, 6.45) is -3.78. The van der Waals surface area contributed by atoms with Gasteiger partial charge in [0.05, 0.1) is 5.69 Å². The number of sulfonamides is 1. The quantitative estimate of drug-likeness (QED) is 0.295. The molecule has 1 amide bonds. The molecule has 0 radical (unpaired) electrons. The van der Waals surface area contributed by atoms with Gasteiger partial charge in [0.1, 0.15) is 35.5 Å². The SMILES string of the molecule is O=C(NCc1cccc(OCc2cccc(C(F)(F)F)n2)c1)[C@@H]1CCCN1S(=O)(=O)c1cc2cc(F)ccc2o1. The first-order valence-corrected chi connectivity index (χ1v) is 13.7. The van der Waals surface area contributed by atoms with Crippen LogP contribution >= 0.6 is 0 Å². The molecule has 210 valence electrons. The monoisotopic (exact) mass is 577 g/mol. The first-order valence-electron chi connectivity index (χ1n) is 12.2. The molecule has 1 saturated heterocycles. The summed E-state index contributed by atoms with van der Waals surface area (Å²) in [7, 11) is -4.16. The number of carbonyl (C=O) groups is 1. The van der Waals surface area contributed by atoms with Crippen LogP contribution in [0, 0.1) is 5.82 Å². The topological polar surface area (TPSA) is 102 Å². The fourth-order valence-electron chi connectivity index (χ4n) is 4.45. The largest absolute Gasteiger partial charge is 0.487 e. The first-order chi connectivity index (χ1) is 19.0. The van der Waals surface area contributed by atoms with Gasteiger partial charge in [-0.25, -0.2) is 17.8 Å². The van der Waals surface area contributed by atoms with Gasteiger partial charge in [0.15, 0.2) is 0 Å². The molecule has 0 spiro atoms. The molecule has 13 heteroatoms. The van der Waals surface area contributed by atoms with Crippen molar-refractivity contribution in [3.8, 4) is 5.75 Å². The Labute approximate surface area is 226 Å². The lowest BCUT2D eigenvalue weighted by atomic mass is 10.2. The summed E-state index contributed by atoms with van der Waals surface area (Å²) in [6.45, 7) is -0.00602. The maximum Gasteiger partial charge on any atom is 0.433 e. The molecule has 0 aliphatic carbocycles. The Kier molecular flexibility index (Phi) is 7.51. The predicted molar refractivity (Wildman–Crippen MR) is 135 cm³/mol. The lowest BCUT2D eigenvalue weighted by Crippen LogP contribution is -2.45. The first kappa shape index (κ1) is 27.6. The second-order valence-corrected chi connectivity index (χ2v) is 11.0. The van der Waals surface area contributed by atoms with E-state index in [-0.39, 0.29) is 36.1 Å². The van der Waals surface area contributed by atoms with E-state index in [0.29, 0.717) is 29.5 Å². The molecule has 40 heavy (non-hydrogen) atoms. The second kappa shape index (κ2) is 10.9. The summed E-state index contributed by atoms with van der Waals surface area (Å²) in [6, 6.07) is 14.1. The normalized spacial score (nSPS) is 16.4. The smallest absolute Gasteiger partial charge is 0.433 e. The van der Waals surface area contributed by atoms with Gasteiger partial charge in [-0.15, -0.1) is 0 Å². The number of hydrogen-bond acceptors (Lipinski definition) is 6. The molecule has 1 aliphatic rings. The molecular weight excluding hydrogens is 554 g/mol. The summed E-state index contributed by atoms with van der Waals surface area (Å²) in [5.41, 5.74) is -0.0615. The zero-order valence-electron chi connectivity index (χ0n) is 20.8. The number of aromatic nitrogens is 1. The number of benzene rings is 2. The van der Waals surface area contributed by atoms with Crippen molar-refractivity contribution in [2.24, 2.45) is 0 Å². The van der Waals surface area contributed by atoms with Crippen molar-refractivity contribution in [1.29, 1.82) is 0 Å². The predicted octanol–water partition coefficient (Wildman–Crippen LogP) is 5.03. The third-order valence-electron chi connectivity index (χ3n) is 6.37. The fraction of sp³-hybridized carbons (Fsp3) is 0.259. The van der Waals surface area contributed by atoms with Crippen LogP contribution in [0.4, 0.5) is 17.6 Å². The van der Waals surface area contributed by atoms with Crippen molar-refractivity contribution < 1.29 is 39.9 Å². The minimum atomic E-state index is -4.56. The highest BCUT2D eigenvalue weighted by Gasteiger charge is 2.41. The van der Waals surface area contributed by atoms with Crippen molar-refractivity contribution >= 4 is 26.9 Å². The highest BCUT2D eigenvalue weighted by atomic mass is 32.2. The Morgan fingerprint density at radius 1 is 1.10 bits per heavy atom. The second-order valence-electron chi connectivity index (χ2n) is 9.19. The van der Waals surface area contributed by atoms with Crippen LogP contribution in [0.25, 0.3) is 11.0 Å². The molecule has 4 aromatic rings. The molecular formula is C27H23F4N3O5S. The molecule has 5 rings (SSSR count). The van der Waals surface area contributed by atoms with Gasteiger partial charge >= 0.3 is 6.18 Å². The highest BCUT2D eigenvalue weighted by molar-refractivity contribution is 7.89. The van der Waals surface area contributed by atoms with Crippen LogP contribution in [0.3, 0.4) is 0 Å². The Morgan fingerprint density at radius 2 is 1.90 bits per heavy atom. The van der Waals surface area contributed by atoms with E-state index < -0.39 is 39.7 Å². The molecule has 2 aromatic carbocycles. The number of nitrogens with zero attached hydrogens (tertiary/aromatic N) is 2. The summed E-state index contributed by atoms with van der Waals surface area (Å²) in [4.78, 5) is 16.6. The third kappa shape index (κ3) is 5.94. The average Bonchev–Trinajstić information content (AvgIpc) is 3.59. The third-order valence-corrected chi connectivity index (χ3v) is 8.14. The number of rotatable bonds is 8. The van der Waals surface area contributed by atoms with Gasteiger partial charge in [-0.3, -0.25) is 4.79 Å². The molecule has 2 aromatic heterocycles. The zero-order valence-corrected chi connectivity index (χ0v) is 21.6. The Balaban J connectivity index is 1.22. The lowest BCUT2D eigenvalue weighted by Gasteiger charge is -2.22. The van der Waals surface area contributed by atoms with E-state index in [0.717, 1.165) is 16.4 Å². The molecule has 0 bridgehead atoms. The van der Waals surface area contributed by atoms with Crippen molar-refractivity contribution in [1.82, 2.24) is 14.6 Å². The van der Waals surface area contributed by atoms with Crippen LogP contribution in [-0.4, -0.2) is 36.2 Å². The van der Waals surface area contributed by atoms with E-state index in [4.69, 9.17) is 9.15 Å². The summed E-state index contributed by atoms with van der Waals surface area (Å²) >= 11 is 0. The lowest BCUT2D eigenvalue weighted by molar-refractivity contribution is -0.141. The molecule has 1 atom stereocenters. The van der Waals surface area contributed by atoms with Crippen LogP contribution in [0.2, 0.25) is 0 Å². The van der Waals surface area contributed by atoms with Gasteiger partial charge in [0.2, 0.25) is 11.0 Å². The van der Waals surface area contributed by atoms with Crippen molar-refractivity contribution in [3.05, 3.63) is 89.5 Å². The van der Waals surface area contributed by atoms with E-state index in [9.17, 15) is 30.8 Å². The number of ether oxygens (including phenoxy) is 1. The van der Waals surface area contributed by atoms with Crippen LogP contribution in [0.15, 0.2) is 76.2 Å². The van der Waals surface area contributed by atoms with Crippen molar-refractivity contribution in [2.75, 3.05) is 6.54 Å². The number of hydrogen-bond donors (Lipinski definition) is 1. The number of nitrogens with one attached hydrogen (secondary N) is 1. The van der Waals surface area contributed by atoms with Gasteiger partial charge in [-0.05, 0) is 60.9 Å². The number of carbonyl (C=O) groups excluding carboxylic acids is 1. The average molecular weight is 578 g/mol. The maximum absolute atomic E-state index is 13.5. The van der Waals surface area contributed by atoms with E-state index in [1.807, 2.05) is 0 Å². The highest BCUT2D eigenvalue weighted by Crippen LogP contribution is 2.31. The van der Waals surface area contributed by atoms with E-state index >= 15 is 0 Å². The summed E-state index contributed by atoms with van der Waals surface area (Å²) in [5, 5.41) is 2.66. The van der Waals surface area contributed by atoms with Crippen LogP contribution < -0.4 is 10.1 Å². The van der Waals surface area contributed by atoms with E-state index in [2.05, 4.69) is 10.3 Å². The number of halogens is 4. The number of pyridine rings is 1. The fourth-order valence-corrected chi connectivity index (χ4v) is 6.06. The zero-order chi connectivity index (χ0) is 28.5. The Morgan fingerprint density at radius 3 is 2.70 bits per heavy atom. The summed E-state index contributed by atoms with van der Waals surface area (Å²) in [5.74, 6) is -0.669. The van der Waals surface area contributed by atoms with Gasteiger partial charge in [-0.1, -0.05) is 18.2 Å².